The average Bonchev–Trinajstić information content (AvgIpc) is 2.42. The van der Waals surface area contributed by atoms with Gasteiger partial charge in [-0.15, -0.1) is 0 Å². The van der Waals surface area contributed by atoms with Crippen molar-refractivity contribution in [3.05, 3.63) is 17.2 Å². The maximum absolute atomic E-state index is 6.22. The molecule has 4 nitrogen and oxygen atoms in total. The number of nitrogens with zero attached hydrogens (tertiary/aromatic N) is 1. The fraction of sp³-hybridized carbons (Fsp3) is 0.538. The Morgan fingerprint density at radius 1 is 1.28 bits per heavy atom. The lowest BCUT2D eigenvalue weighted by molar-refractivity contribution is 0.336. The number of ether oxygens (including phenoxy) is 2. The van der Waals surface area contributed by atoms with E-state index in [4.69, 9.17) is 21.1 Å². The maximum atomic E-state index is 6.22. The van der Waals surface area contributed by atoms with Crippen molar-refractivity contribution < 1.29 is 9.47 Å². The van der Waals surface area contributed by atoms with Crippen molar-refractivity contribution in [3.8, 4) is 11.5 Å². The number of piperazine rings is 1. The van der Waals surface area contributed by atoms with Gasteiger partial charge < -0.3 is 19.7 Å². The summed E-state index contributed by atoms with van der Waals surface area (Å²) >= 11 is 6.22. The Balaban J connectivity index is 2.31. The van der Waals surface area contributed by atoms with E-state index >= 15 is 0 Å². The van der Waals surface area contributed by atoms with Crippen LogP contribution >= 0.6 is 11.6 Å². The second-order valence-electron chi connectivity index (χ2n) is 4.13. The zero-order chi connectivity index (χ0) is 13.0. The van der Waals surface area contributed by atoms with Crippen molar-refractivity contribution in [3.63, 3.8) is 0 Å². The van der Waals surface area contributed by atoms with E-state index in [1.165, 1.54) is 0 Å². The lowest BCUT2D eigenvalue weighted by atomic mass is 10.2. The van der Waals surface area contributed by atoms with Crippen LogP contribution in [0.1, 0.15) is 6.92 Å². The average molecular weight is 271 g/mol. The number of anilines is 1. The highest BCUT2D eigenvalue weighted by atomic mass is 35.5. The van der Waals surface area contributed by atoms with Gasteiger partial charge in [0.2, 0.25) is 0 Å². The summed E-state index contributed by atoms with van der Waals surface area (Å²) in [6, 6.07) is 3.95. The van der Waals surface area contributed by atoms with E-state index in [1.807, 2.05) is 19.1 Å². The first-order valence-electron chi connectivity index (χ1n) is 6.22. The third-order valence-electron chi connectivity index (χ3n) is 2.99. The Morgan fingerprint density at radius 2 is 1.94 bits per heavy atom. The van der Waals surface area contributed by atoms with Crippen LogP contribution in [-0.2, 0) is 0 Å². The summed E-state index contributed by atoms with van der Waals surface area (Å²) in [5.41, 5.74) is 1.10. The second kappa shape index (κ2) is 6.16. The summed E-state index contributed by atoms with van der Waals surface area (Å²) in [4.78, 5) is 2.30. The zero-order valence-corrected chi connectivity index (χ0v) is 11.6. The molecule has 0 radical (unpaired) electrons. The van der Waals surface area contributed by atoms with E-state index in [9.17, 15) is 0 Å². The molecule has 1 aromatic rings. The Hall–Kier alpha value is -1.13. The minimum atomic E-state index is 0.540. The fourth-order valence-electron chi connectivity index (χ4n) is 2.07. The number of hydrogen-bond acceptors (Lipinski definition) is 4. The number of hydrogen-bond donors (Lipinski definition) is 1. The van der Waals surface area contributed by atoms with Gasteiger partial charge in [-0.2, -0.15) is 0 Å². The van der Waals surface area contributed by atoms with Crippen molar-refractivity contribution in [2.75, 3.05) is 44.8 Å². The van der Waals surface area contributed by atoms with Crippen LogP contribution in [0.5, 0.6) is 11.5 Å². The van der Waals surface area contributed by atoms with Gasteiger partial charge in [-0.1, -0.05) is 11.6 Å². The summed E-state index contributed by atoms with van der Waals surface area (Å²) < 4.78 is 10.9. The van der Waals surface area contributed by atoms with Crippen molar-refractivity contribution in [2.45, 2.75) is 6.92 Å². The molecule has 0 spiro atoms. The van der Waals surface area contributed by atoms with Gasteiger partial charge >= 0.3 is 0 Å². The summed E-state index contributed by atoms with van der Waals surface area (Å²) in [7, 11) is 1.62. The SMILES string of the molecule is CCOc1cc(N2CCNCC2)cc(OC)c1Cl. The molecule has 1 fully saturated rings. The number of nitrogens with one attached hydrogen (secondary N) is 1. The monoisotopic (exact) mass is 270 g/mol. The maximum Gasteiger partial charge on any atom is 0.143 e. The van der Waals surface area contributed by atoms with Crippen molar-refractivity contribution >= 4 is 17.3 Å². The Kier molecular flexibility index (Phi) is 4.55. The van der Waals surface area contributed by atoms with E-state index in [-0.39, 0.29) is 0 Å². The van der Waals surface area contributed by atoms with E-state index in [2.05, 4.69) is 10.2 Å². The molecule has 1 aliphatic heterocycles. The van der Waals surface area contributed by atoms with E-state index in [1.54, 1.807) is 7.11 Å². The third-order valence-corrected chi connectivity index (χ3v) is 3.37. The standard InChI is InChI=1S/C13H19ClN2O2/c1-3-18-12-9-10(8-11(17-2)13(12)14)16-6-4-15-5-7-16/h8-9,15H,3-7H2,1-2H3. The van der Waals surface area contributed by atoms with Crippen LogP contribution < -0.4 is 19.7 Å². The summed E-state index contributed by atoms with van der Waals surface area (Å²) in [5, 5.41) is 3.87. The molecule has 0 atom stereocenters. The van der Waals surface area contributed by atoms with Gasteiger partial charge in [0.05, 0.1) is 13.7 Å². The number of methoxy groups -OCH3 is 1. The molecule has 0 saturated carbocycles. The van der Waals surface area contributed by atoms with Gasteiger partial charge in [0, 0.05) is 44.0 Å². The molecule has 2 rings (SSSR count). The number of rotatable bonds is 4. The van der Waals surface area contributed by atoms with Crippen LogP contribution in [0.2, 0.25) is 5.02 Å². The molecule has 0 aromatic heterocycles. The van der Waals surface area contributed by atoms with Gasteiger partial charge in [0.1, 0.15) is 16.5 Å². The molecular formula is C13H19ClN2O2. The first-order chi connectivity index (χ1) is 8.76. The molecule has 0 unspecified atom stereocenters. The lowest BCUT2D eigenvalue weighted by Crippen LogP contribution is -2.43. The first kappa shape index (κ1) is 13.3. The highest BCUT2D eigenvalue weighted by Gasteiger charge is 2.16. The molecule has 1 heterocycles. The largest absolute Gasteiger partial charge is 0.495 e. The van der Waals surface area contributed by atoms with Crippen LogP contribution in [0.3, 0.4) is 0 Å². The molecule has 0 bridgehead atoms. The van der Waals surface area contributed by atoms with Crippen LogP contribution in [0.4, 0.5) is 5.69 Å². The summed E-state index contributed by atoms with van der Waals surface area (Å²) in [5.74, 6) is 1.35. The molecule has 0 amide bonds. The third kappa shape index (κ3) is 2.82. The van der Waals surface area contributed by atoms with E-state index in [0.717, 1.165) is 31.9 Å². The highest BCUT2D eigenvalue weighted by molar-refractivity contribution is 6.33. The van der Waals surface area contributed by atoms with Gasteiger partial charge in [-0.25, -0.2) is 0 Å². The van der Waals surface area contributed by atoms with Crippen LogP contribution in [0.25, 0.3) is 0 Å². The quantitative estimate of drug-likeness (QED) is 0.909. The topological polar surface area (TPSA) is 33.7 Å². The summed E-state index contributed by atoms with van der Waals surface area (Å²) in [6.07, 6.45) is 0. The normalized spacial score (nSPS) is 15.6. The number of benzene rings is 1. The van der Waals surface area contributed by atoms with Gasteiger partial charge in [-0.05, 0) is 6.92 Å². The second-order valence-corrected chi connectivity index (χ2v) is 4.51. The molecule has 100 valence electrons. The fourth-order valence-corrected chi connectivity index (χ4v) is 2.31. The van der Waals surface area contributed by atoms with Crippen LogP contribution in [-0.4, -0.2) is 39.9 Å². The van der Waals surface area contributed by atoms with Gasteiger partial charge in [0.15, 0.2) is 0 Å². The van der Waals surface area contributed by atoms with Crippen molar-refractivity contribution in [1.29, 1.82) is 0 Å². The van der Waals surface area contributed by atoms with E-state index < -0.39 is 0 Å². The molecule has 1 aliphatic rings. The summed E-state index contributed by atoms with van der Waals surface area (Å²) in [6.45, 7) is 6.49. The van der Waals surface area contributed by atoms with Crippen LogP contribution in [0.15, 0.2) is 12.1 Å². The minimum Gasteiger partial charge on any atom is -0.495 e. The van der Waals surface area contributed by atoms with Crippen molar-refractivity contribution in [1.82, 2.24) is 5.32 Å². The van der Waals surface area contributed by atoms with E-state index in [0.29, 0.717) is 23.1 Å². The molecule has 5 heteroatoms. The predicted octanol–water partition coefficient (Wildman–Crippen LogP) is 2.16. The predicted molar refractivity (Wildman–Crippen MR) is 74.3 cm³/mol. The first-order valence-corrected chi connectivity index (χ1v) is 6.60. The van der Waals surface area contributed by atoms with Gasteiger partial charge in [-0.3, -0.25) is 0 Å². The molecule has 1 aromatic carbocycles. The molecule has 18 heavy (non-hydrogen) atoms. The lowest BCUT2D eigenvalue weighted by Gasteiger charge is -2.30. The van der Waals surface area contributed by atoms with Crippen molar-refractivity contribution in [2.24, 2.45) is 0 Å². The highest BCUT2D eigenvalue weighted by Crippen LogP contribution is 2.38. The Bertz CT molecular complexity index is 406. The minimum absolute atomic E-state index is 0.540. The molecule has 1 N–H and O–H groups in total. The molecule has 0 aliphatic carbocycles. The molecular weight excluding hydrogens is 252 g/mol. The van der Waals surface area contributed by atoms with Gasteiger partial charge in [0.25, 0.3) is 0 Å². The smallest absolute Gasteiger partial charge is 0.143 e. The Morgan fingerprint density at radius 3 is 2.56 bits per heavy atom. The molecule has 1 saturated heterocycles. The Labute approximate surface area is 113 Å². The number of halogens is 1. The zero-order valence-electron chi connectivity index (χ0n) is 10.8. The van der Waals surface area contributed by atoms with Crippen LogP contribution in [0, 0.1) is 0 Å².